The smallest absolute Gasteiger partial charge is 0.227 e. The zero-order valence-electron chi connectivity index (χ0n) is 20.2. The predicted octanol–water partition coefficient (Wildman–Crippen LogP) is 3.00. The summed E-state index contributed by atoms with van der Waals surface area (Å²) in [7, 11) is -3.32. The highest BCUT2D eigenvalue weighted by atomic mass is 32.2. The van der Waals surface area contributed by atoms with Crippen LogP contribution in [0.5, 0.6) is 0 Å². The summed E-state index contributed by atoms with van der Waals surface area (Å²) in [5.74, 6) is 2.88. The van der Waals surface area contributed by atoms with E-state index in [2.05, 4.69) is 25.2 Å². The van der Waals surface area contributed by atoms with Crippen LogP contribution in [-0.4, -0.2) is 65.6 Å². The first-order chi connectivity index (χ1) is 16.7. The van der Waals surface area contributed by atoms with Crippen molar-refractivity contribution in [1.82, 2.24) is 19.9 Å². The van der Waals surface area contributed by atoms with Crippen molar-refractivity contribution >= 4 is 33.2 Å². The molecule has 0 saturated carbocycles. The molecule has 0 atom stereocenters. The number of hydrogen-bond acceptors (Lipinski definition) is 8. The van der Waals surface area contributed by atoms with Gasteiger partial charge in [0.15, 0.2) is 9.84 Å². The molecule has 0 bridgehead atoms. The molecule has 10 heteroatoms. The number of anilines is 3. The van der Waals surface area contributed by atoms with E-state index in [4.69, 9.17) is 0 Å². The van der Waals surface area contributed by atoms with Crippen molar-refractivity contribution in [2.24, 2.45) is 0 Å². The molecule has 9 nitrogen and oxygen atoms in total. The van der Waals surface area contributed by atoms with Crippen molar-refractivity contribution in [2.75, 3.05) is 36.4 Å². The molecule has 2 aromatic heterocycles. The zero-order valence-corrected chi connectivity index (χ0v) is 21.0. The molecule has 1 fully saturated rings. The van der Waals surface area contributed by atoms with Gasteiger partial charge < -0.3 is 15.1 Å². The Hall–Kier alpha value is -3.53. The van der Waals surface area contributed by atoms with E-state index in [9.17, 15) is 13.2 Å². The van der Waals surface area contributed by atoms with Gasteiger partial charge in [-0.25, -0.2) is 23.4 Å². The van der Waals surface area contributed by atoms with Crippen LogP contribution in [0, 0.1) is 6.92 Å². The van der Waals surface area contributed by atoms with Gasteiger partial charge in [0.2, 0.25) is 5.91 Å². The van der Waals surface area contributed by atoms with Gasteiger partial charge in [-0.3, -0.25) is 4.79 Å². The highest BCUT2D eigenvalue weighted by molar-refractivity contribution is 7.92. The van der Waals surface area contributed by atoms with Crippen LogP contribution in [0.25, 0.3) is 0 Å². The Morgan fingerprint density at radius 3 is 2.34 bits per heavy atom. The number of hydrogen-bond donors (Lipinski definition) is 1. The molecule has 1 aliphatic heterocycles. The number of carbonyl (C=O) groups excluding carboxylic acids is 1. The SMILES string of the molecule is Cc1nc(Nc2ccccn2)cc(N2CCN(C(=O)Cc3ccc(S(=O)(=O)C(C)C)cc3)CC2)n1. The minimum atomic E-state index is -3.32. The second-order valence-electron chi connectivity index (χ2n) is 8.78. The van der Waals surface area contributed by atoms with Crippen molar-refractivity contribution in [3.8, 4) is 0 Å². The van der Waals surface area contributed by atoms with E-state index >= 15 is 0 Å². The third-order valence-corrected chi connectivity index (χ3v) is 8.10. The van der Waals surface area contributed by atoms with Gasteiger partial charge in [-0.1, -0.05) is 18.2 Å². The summed E-state index contributed by atoms with van der Waals surface area (Å²) >= 11 is 0. The largest absolute Gasteiger partial charge is 0.353 e. The minimum absolute atomic E-state index is 0.0282. The number of amides is 1. The second-order valence-corrected chi connectivity index (χ2v) is 11.3. The van der Waals surface area contributed by atoms with Gasteiger partial charge in [0.05, 0.1) is 16.6 Å². The molecule has 0 aliphatic carbocycles. The Kier molecular flexibility index (Phi) is 7.30. The molecule has 1 saturated heterocycles. The summed E-state index contributed by atoms with van der Waals surface area (Å²) in [6.07, 6.45) is 1.96. The van der Waals surface area contributed by atoms with Crippen LogP contribution in [0.2, 0.25) is 0 Å². The van der Waals surface area contributed by atoms with Crippen molar-refractivity contribution < 1.29 is 13.2 Å². The lowest BCUT2D eigenvalue weighted by Crippen LogP contribution is -2.49. The summed E-state index contributed by atoms with van der Waals surface area (Å²) in [5, 5.41) is 2.73. The first kappa shape index (κ1) is 24.6. The van der Waals surface area contributed by atoms with Crippen LogP contribution in [-0.2, 0) is 21.1 Å². The molecule has 3 aromatic rings. The number of rotatable bonds is 7. The topological polar surface area (TPSA) is 108 Å². The first-order valence-corrected chi connectivity index (χ1v) is 13.2. The van der Waals surface area contributed by atoms with E-state index in [1.54, 1.807) is 44.3 Å². The van der Waals surface area contributed by atoms with E-state index in [-0.39, 0.29) is 17.2 Å². The molecule has 0 unspecified atom stereocenters. The third-order valence-electron chi connectivity index (χ3n) is 5.93. The van der Waals surface area contributed by atoms with Gasteiger partial charge in [0, 0.05) is 38.4 Å². The number of nitrogens with one attached hydrogen (secondary N) is 1. The Labute approximate surface area is 206 Å². The van der Waals surface area contributed by atoms with Crippen molar-refractivity contribution in [2.45, 2.75) is 37.3 Å². The lowest BCUT2D eigenvalue weighted by molar-refractivity contribution is -0.130. The standard InChI is InChI=1S/C25H30N6O3S/c1-18(2)35(33,34)21-9-7-20(8-10-21)16-25(32)31-14-12-30(13-15-31)24-17-23(27-19(3)28-24)29-22-6-4-5-11-26-22/h4-11,17-18H,12-16H2,1-3H3,(H,26,27,28,29). The number of nitrogens with zero attached hydrogens (tertiary/aromatic N) is 5. The lowest BCUT2D eigenvalue weighted by atomic mass is 10.1. The summed E-state index contributed by atoms with van der Waals surface area (Å²) in [6, 6.07) is 14.2. The van der Waals surface area contributed by atoms with Gasteiger partial charge in [-0.2, -0.15) is 0 Å². The fourth-order valence-corrected chi connectivity index (χ4v) is 4.95. The molecule has 0 radical (unpaired) electrons. The molecular formula is C25H30N6O3S. The van der Waals surface area contributed by atoms with Gasteiger partial charge in [-0.15, -0.1) is 0 Å². The summed E-state index contributed by atoms with van der Waals surface area (Å²) in [5.41, 5.74) is 0.803. The Bertz CT molecular complexity index is 1270. The van der Waals surface area contributed by atoms with E-state index < -0.39 is 15.1 Å². The number of pyridine rings is 1. The molecule has 3 heterocycles. The highest BCUT2D eigenvalue weighted by Gasteiger charge is 2.23. The maximum atomic E-state index is 12.9. The zero-order chi connectivity index (χ0) is 25.0. The molecule has 35 heavy (non-hydrogen) atoms. The fraction of sp³-hybridized carbons (Fsp3) is 0.360. The van der Waals surface area contributed by atoms with E-state index in [1.807, 2.05) is 36.1 Å². The lowest BCUT2D eigenvalue weighted by Gasteiger charge is -2.35. The molecule has 184 valence electrons. The van der Waals surface area contributed by atoms with E-state index in [0.717, 1.165) is 11.4 Å². The highest BCUT2D eigenvalue weighted by Crippen LogP contribution is 2.21. The van der Waals surface area contributed by atoms with Crippen molar-refractivity contribution in [3.05, 3.63) is 66.1 Å². The normalized spacial score (nSPS) is 14.3. The van der Waals surface area contributed by atoms with Crippen LogP contribution in [0.3, 0.4) is 0 Å². The van der Waals surface area contributed by atoms with Gasteiger partial charge >= 0.3 is 0 Å². The average molecular weight is 495 g/mol. The number of piperazine rings is 1. The molecule has 1 aliphatic rings. The molecule has 1 N–H and O–H groups in total. The number of aryl methyl sites for hydroxylation is 1. The van der Waals surface area contributed by atoms with Crippen molar-refractivity contribution in [1.29, 1.82) is 0 Å². The van der Waals surface area contributed by atoms with E-state index in [1.165, 1.54) is 0 Å². The van der Waals surface area contributed by atoms with Gasteiger partial charge in [0.1, 0.15) is 23.3 Å². The summed E-state index contributed by atoms with van der Waals surface area (Å²) < 4.78 is 24.6. The monoisotopic (exact) mass is 494 g/mol. The third kappa shape index (κ3) is 5.94. The van der Waals surface area contributed by atoms with Gasteiger partial charge in [0.25, 0.3) is 0 Å². The molecular weight excluding hydrogens is 464 g/mol. The fourth-order valence-electron chi connectivity index (χ4n) is 3.89. The Morgan fingerprint density at radius 1 is 1.00 bits per heavy atom. The van der Waals surface area contributed by atoms with Crippen molar-refractivity contribution in [3.63, 3.8) is 0 Å². The van der Waals surface area contributed by atoms with Gasteiger partial charge in [-0.05, 0) is 50.6 Å². The first-order valence-electron chi connectivity index (χ1n) is 11.6. The van der Waals surface area contributed by atoms with Crippen LogP contribution in [0.15, 0.2) is 59.6 Å². The Balaban J connectivity index is 1.35. The molecule has 1 aromatic carbocycles. The quantitative estimate of drug-likeness (QED) is 0.534. The van der Waals surface area contributed by atoms with Crippen LogP contribution in [0.1, 0.15) is 25.2 Å². The summed E-state index contributed by atoms with van der Waals surface area (Å²) in [6.45, 7) is 7.67. The second kappa shape index (κ2) is 10.4. The number of benzene rings is 1. The number of carbonyl (C=O) groups is 1. The Morgan fingerprint density at radius 2 is 1.71 bits per heavy atom. The summed E-state index contributed by atoms with van der Waals surface area (Å²) in [4.78, 5) is 30.4. The average Bonchev–Trinajstić information content (AvgIpc) is 2.84. The van der Waals surface area contributed by atoms with Crippen LogP contribution < -0.4 is 10.2 Å². The van der Waals surface area contributed by atoms with E-state index in [0.29, 0.717) is 43.6 Å². The molecule has 1 amide bonds. The molecule has 0 spiro atoms. The number of aromatic nitrogens is 3. The predicted molar refractivity (Wildman–Crippen MR) is 136 cm³/mol. The number of sulfone groups is 1. The van der Waals surface area contributed by atoms with Crippen LogP contribution in [0.4, 0.5) is 17.5 Å². The maximum absolute atomic E-state index is 12.9. The minimum Gasteiger partial charge on any atom is -0.353 e. The molecule has 4 rings (SSSR count). The van der Waals surface area contributed by atoms with Crippen LogP contribution >= 0.6 is 0 Å². The maximum Gasteiger partial charge on any atom is 0.227 e.